The lowest BCUT2D eigenvalue weighted by atomic mass is 9.88. The van der Waals surface area contributed by atoms with E-state index in [1.165, 1.54) is 7.11 Å². The number of alkyl halides is 1. The molecule has 0 bridgehead atoms. The number of methoxy groups -OCH3 is 1. The monoisotopic (exact) mass is 317 g/mol. The molecular formula is C15H24ClNO4. The van der Waals surface area contributed by atoms with Gasteiger partial charge in [0.05, 0.1) is 7.11 Å². The molecule has 1 aliphatic heterocycles. The van der Waals surface area contributed by atoms with Crippen molar-refractivity contribution in [3.63, 3.8) is 0 Å². The van der Waals surface area contributed by atoms with Crippen LogP contribution in [-0.4, -0.2) is 47.1 Å². The van der Waals surface area contributed by atoms with Gasteiger partial charge < -0.3 is 9.47 Å². The lowest BCUT2D eigenvalue weighted by Gasteiger charge is -2.38. The van der Waals surface area contributed by atoms with E-state index in [9.17, 15) is 9.59 Å². The van der Waals surface area contributed by atoms with Crippen molar-refractivity contribution in [3.05, 3.63) is 0 Å². The molecular weight excluding hydrogens is 294 g/mol. The van der Waals surface area contributed by atoms with E-state index in [1.54, 1.807) is 4.90 Å². The van der Waals surface area contributed by atoms with Gasteiger partial charge in [-0.05, 0) is 52.4 Å². The smallest absolute Gasteiger partial charge is 0.411 e. The summed E-state index contributed by atoms with van der Waals surface area (Å²) in [6.45, 7) is 5.47. The van der Waals surface area contributed by atoms with Crippen molar-refractivity contribution >= 4 is 23.7 Å². The van der Waals surface area contributed by atoms with Crippen molar-refractivity contribution < 1.29 is 19.1 Å². The number of esters is 1. The van der Waals surface area contributed by atoms with Crippen LogP contribution in [-0.2, 0) is 14.3 Å². The molecule has 0 aromatic rings. The van der Waals surface area contributed by atoms with Gasteiger partial charge in [-0.2, -0.15) is 0 Å². The first kappa shape index (κ1) is 16.4. The lowest BCUT2D eigenvalue weighted by Crippen LogP contribution is -2.56. The van der Waals surface area contributed by atoms with Crippen LogP contribution < -0.4 is 0 Å². The average molecular weight is 318 g/mol. The van der Waals surface area contributed by atoms with Crippen molar-refractivity contribution in [2.75, 3.05) is 13.0 Å². The summed E-state index contributed by atoms with van der Waals surface area (Å²) in [5, 5.41) is 0. The number of halogens is 1. The number of likely N-dealkylation sites (tertiary alicyclic amines) is 1. The minimum atomic E-state index is -0.903. The molecule has 120 valence electrons. The normalized spacial score (nSPS) is 30.8. The SMILES string of the molecule is COC(=O)[C@@]1(CCCCl)C[C@H]2C[C@H]2N1C(=O)OC(C)(C)C. The second-order valence-corrected chi connectivity index (χ2v) is 7.31. The first-order chi connectivity index (χ1) is 9.75. The van der Waals surface area contributed by atoms with Gasteiger partial charge in [0.1, 0.15) is 11.1 Å². The summed E-state index contributed by atoms with van der Waals surface area (Å²) < 4.78 is 10.5. The van der Waals surface area contributed by atoms with Crippen LogP contribution in [0.3, 0.4) is 0 Å². The van der Waals surface area contributed by atoms with Gasteiger partial charge in [-0.15, -0.1) is 11.6 Å². The summed E-state index contributed by atoms with van der Waals surface area (Å²) in [4.78, 5) is 26.6. The number of ether oxygens (including phenoxy) is 2. The molecule has 2 rings (SSSR count). The molecule has 3 atom stereocenters. The summed E-state index contributed by atoms with van der Waals surface area (Å²) in [6, 6.07) is 0.106. The predicted molar refractivity (Wildman–Crippen MR) is 79.3 cm³/mol. The standard InChI is InChI=1S/C15H24ClNO4/c1-14(2,3)21-13(19)17-11-8-10(11)9-15(17,6-5-7-16)12(18)20-4/h10-11H,5-9H2,1-4H3/t10-,11-,15-/m1/s1. The minimum absolute atomic E-state index is 0.106. The Morgan fingerprint density at radius 1 is 1.38 bits per heavy atom. The predicted octanol–water partition coefficient (Wildman–Crippen LogP) is 2.95. The number of nitrogens with zero attached hydrogens (tertiary/aromatic N) is 1. The maximum Gasteiger partial charge on any atom is 0.411 e. The molecule has 2 aliphatic rings. The topological polar surface area (TPSA) is 55.8 Å². The fourth-order valence-electron chi connectivity index (χ4n) is 3.29. The van der Waals surface area contributed by atoms with E-state index < -0.39 is 17.2 Å². The number of carbonyl (C=O) groups excluding carboxylic acids is 2. The Bertz CT molecular complexity index is 434. The van der Waals surface area contributed by atoms with Crippen LogP contribution in [0.25, 0.3) is 0 Å². The molecule has 2 fully saturated rings. The van der Waals surface area contributed by atoms with Crippen LogP contribution in [0.5, 0.6) is 0 Å². The second-order valence-electron chi connectivity index (χ2n) is 6.93. The molecule has 0 spiro atoms. The Hall–Kier alpha value is -0.970. The van der Waals surface area contributed by atoms with Crippen LogP contribution in [0.4, 0.5) is 4.79 Å². The third kappa shape index (κ3) is 3.12. The lowest BCUT2D eigenvalue weighted by molar-refractivity contribution is -0.155. The van der Waals surface area contributed by atoms with Gasteiger partial charge in [-0.25, -0.2) is 9.59 Å². The highest BCUT2D eigenvalue weighted by Gasteiger charge is 2.65. The molecule has 0 aromatic heterocycles. The summed E-state index contributed by atoms with van der Waals surface area (Å²) in [6.07, 6.45) is 2.36. The van der Waals surface area contributed by atoms with Crippen molar-refractivity contribution in [1.82, 2.24) is 4.90 Å². The number of piperidine rings is 1. The molecule has 0 aromatic carbocycles. The summed E-state index contributed by atoms with van der Waals surface area (Å²) in [5.74, 6) is 0.480. The molecule has 0 N–H and O–H groups in total. The van der Waals surface area contributed by atoms with Crippen molar-refractivity contribution in [2.24, 2.45) is 5.92 Å². The Balaban J connectivity index is 2.25. The number of rotatable bonds is 4. The Kier molecular flexibility index (Phi) is 4.43. The van der Waals surface area contributed by atoms with E-state index >= 15 is 0 Å². The van der Waals surface area contributed by atoms with Gasteiger partial charge in [-0.1, -0.05) is 0 Å². The molecule has 1 saturated carbocycles. The van der Waals surface area contributed by atoms with Crippen LogP contribution in [0.15, 0.2) is 0 Å². The molecule has 5 nitrogen and oxygen atoms in total. The Morgan fingerprint density at radius 2 is 2.05 bits per heavy atom. The highest BCUT2D eigenvalue weighted by molar-refractivity contribution is 6.17. The highest BCUT2D eigenvalue weighted by Crippen LogP contribution is 2.55. The molecule has 0 unspecified atom stereocenters. The maximum atomic E-state index is 12.6. The molecule has 1 saturated heterocycles. The number of fused-ring (bicyclic) bond motifs is 1. The third-order valence-corrected chi connectivity index (χ3v) is 4.42. The van der Waals surface area contributed by atoms with Crippen LogP contribution >= 0.6 is 11.6 Å². The minimum Gasteiger partial charge on any atom is -0.467 e. The fourth-order valence-corrected chi connectivity index (χ4v) is 3.43. The van der Waals surface area contributed by atoms with Crippen molar-refractivity contribution in [3.8, 4) is 0 Å². The van der Waals surface area contributed by atoms with Gasteiger partial charge in [0.2, 0.25) is 0 Å². The van der Waals surface area contributed by atoms with Gasteiger partial charge in [0, 0.05) is 11.9 Å². The fraction of sp³-hybridized carbons (Fsp3) is 0.867. The van der Waals surface area contributed by atoms with E-state index in [2.05, 4.69) is 0 Å². The number of hydrogen-bond acceptors (Lipinski definition) is 4. The van der Waals surface area contributed by atoms with Gasteiger partial charge in [-0.3, -0.25) is 4.90 Å². The van der Waals surface area contributed by atoms with E-state index in [0.29, 0.717) is 31.1 Å². The van der Waals surface area contributed by atoms with E-state index in [4.69, 9.17) is 21.1 Å². The van der Waals surface area contributed by atoms with E-state index in [-0.39, 0.29) is 12.0 Å². The van der Waals surface area contributed by atoms with Crippen molar-refractivity contribution in [2.45, 2.75) is 63.6 Å². The maximum absolute atomic E-state index is 12.6. The molecule has 21 heavy (non-hydrogen) atoms. The zero-order chi connectivity index (χ0) is 15.8. The van der Waals surface area contributed by atoms with Crippen molar-refractivity contribution in [1.29, 1.82) is 0 Å². The molecule has 1 amide bonds. The summed E-state index contributed by atoms with van der Waals surface area (Å²) in [5.41, 5.74) is -1.49. The van der Waals surface area contributed by atoms with Gasteiger partial charge in [0.25, 0.3) is 0 Å². The molecule has 0 radical (unpaired) electrons. The quantitative estimate of drug-likeness (QED) is 0.591. The molecule has 1 heterocycles. The molecule has 6 heteroatoms. The summed E-state index contributed by atoms with van der Waals surface area (Å²) in [7, 11) is 1.36. The van der Waals surface area contributed by atoms with E-state index in [0.717, 1.165) is 6.42 Å². The van der Waals surface area contributed by atoms with E-state index in [1.807, 2.05) is 20.8 Å². The van der Waals surface area contributed by atoms with Gasteiger partial charge in [0.15, 0.2) is 0 Å². The first-order valence-corrected chi connectivity index (χ1v) is 7.95. The van der Waals surface area contributed by atoms with Crippen LogP contribution in [0.1, 0.15) is 46.5 Å². The van der Waals surface area contributed by atoms with Crippen LogP contribution in [0, 0.1) is 5.92 Å². The Labute approximate surface area is 130 Å². The average Bonchev–Trinajstić information content (AvgIpc) is 3.04. The van der Waals surface area contributed by atoms with Gasteiger partial charge >= 0.3 is 12.1 Å². The molecule has 1 aliphatic carbocycles. The third-order valence-electron chi connectivity index (χ3n) is 4.16. The first-order valence-electron chi connectivity index (χ1n) is 7.42. The number of amides is 1. The Morgan fingerprint density at radius 3 is 2.57 bits per heavy atom. The van der Waals surface area contributed by atoms with Crippen LogP contribution in [0.2, 0.25) is 0 Å². The zero-order valence-corrected chi connectivity index (χ0v) is 13.9. The largest absolute Gasteiger partial charge is 0.467 e. The second kappa shape index (κ2) is 5.67. The zero-order valence-electron chi connectivity index (χ0n) is 13.1. The highest BCUT2D eigenvalue weighted by atomic mass is 35.5. The summed E-state index contributed by atoms with van der Waals surface area (Å²) >= 11 is 5.78. The number of hydrogen-bond donors (Lipinski definition) is 0. The number of carbonyl (C=O) groups is 2.